The summed E-state index contributed by atoms with van der Waals surface area (Å²) < 4.78 is 6.27. The molecule has 0 bridgehead atoms. The fourth-order valence-corrected chi connectivity index (χ4v) is 2.64. The van der Waals surface area contributed by atoms with E-state index in [0.29, 0.717) is 11.9 Å². The molecule has 17 heavy (non-hydrogen) atoms. The predicted molar refractivity (Wildman–Crippen MR) is 75.9 cm³/mol. The molecule has 0 unspecified atom stereocenters. The highest BCUT2D eigenvalue weighted by Crippen LogP contribution is 2.35. The van der Waals surface area contributed by atoms with Crippen molar-refractivity contribution in [3.8, 4) is 0 Å². The molecule has 0 spiro atoms. The highest BCUT2D eigenvalue weighted by Gasteiger charge is 2.29. The first-order chi connectivity index (χ1) is 8.26. The molecule has 1 fully saturated rings. The SMILES string of the molecule is COCCN(c1ccc(Br)cc1CCl)C1CC1. The van der Waals surface area contributed by atoms with E-state index in [4.69, 9.17) is 16.3 Å². The van der Waals surface area contributed by atoms with Crippen LogP contribution in [0.5, 0.6) is 0 Å². The van der Waals surface area contributed by atoms with E-state index in [0.717, 1.165) is 17.6 Å². The van der Waals surface area contributed by atoms with E-state index in [1.165, 1.54) is 24.1 Å². The summed E-state index contributed by atoms with van der Waals surface area (Å²) in [5.41, 5.74) is 2.44. The Morgan fingerprint density at radius 3 is 2.82 bits per heavy atom. The summed E-state index contributed by atoms with van der Waals surface area (Å²) in [5, 5.41) is 0. The van der Waals surface area contributed by atoms with Gasteiger partial charge in [-0.1, -0.05) is 15.9 Å². The monoisotopic (exact) mass is 317 g/mol. The molecule has 0 aromatic heterocycles. The zero-order chi connectivity index (χ0) is 12.3. The minimum atomic E-state index is 0.547. The summed E-state index contributed by atoms with van der Waals surface area (Å²) in [6.45, 7) is 1.70. The normalized spacial score (nSPS) is 15.0. The van der Waals surface area contributed by atoms with E-state index in [-0.39, 0.29) is 0 Å². The maximum Gasteiger partial charge on any atom is 0.0637 e. The highest BCUT2D eigenvalue weighted by molar-refractivity contribution is 9.10. The second-order valence-corrected chi connectivity index (χ2v) is 5.51. The summed E-state index contributed by atoms with van der Waals surface area (Å²) in [6, 6.07) is 7.00. The summed E-state index contributed by atoms with van der Waals surface area (Å²) in [6.07, 6.45) is 2.56. The van der Waals surface area contributed by atoms with Gasteiger partial charge in [-0.05, 0) is 36.6 Å². The lowest BCUT2D eigenvalue weighted by Gasteiger charge is -2.26. The van der Waals surface area contributed by atoms with Gasteiger partial charge in [-0.15, -0.1) is 11.6 Å². The van der Waals surface area contributed by atoms with Gasteiger partial charge in [0.05, 0.1) is 6.61 Å². The average Bonchev–Trinajstić information content (AvgIpc) is 3.15. The number of nitrogens with zero attached hydrogens (tertiary/aromatic N) is 1. The van der Waals surface area contributed by atoms with Crippen molar-refractivity contribution in [2.45, 2.75) is 24.8 Å². The zero-order valence-electron chi connectivity index (χ0n) is 9.96. The highest BCUT2D eigenvalue weighted by atomic mass is 79.9. The lowest BCUT2D eigenvalue weighted by Crippen LogP contribution is -2.30. The first-order valence-corrected chi connectivity index (χ1v) is 7.19. The van der Waals surface area contributed by atoms with Crippen molar-refractivity contribution in [3.05, 3.63) is 28.2 Å². The molecule has 0 heterocycles. The number of benzene rings is 1. The van der Waals surface area contributed by atoms with Gasteiger partial charge in [0.15, 0.2) is 0 Å². The van der Waals surface area contributed by atoms with Crippen LogP contribution in [0.1, 0.15) is 18.4 Å². The number of rotatable bonds is 6. The summed E-state index contributed by atoms with van der Waals surface area (Å²) >= 11 is 9.52. The van der Waals surface area contributed by atoms with Crippen LogP contribution in [0.25, 0.3) is 0 Å². The predicted octanol–water partition coefficient (Wildman–Crippen LogP) is 3.80. The molecule has 0 aliphatic heterocycles. The summed E-state index contributed by atoms with van der Waals surface area (Å²) in [4.78, 5) is 2.42. The molecule has 1 saturated carbocycles. The van der Waals surface area contributed by atoms with Crippen LogP contribution in [0.15, 0.2) is 22.7 Å². The minimum Gasteiger partial charge on any atom is -0.383 e. The molecule has 2 nitrogen and oxygen atoms in total. The van der Waals surface area contributed by atoms with Gasteiger partial charge in [0.1, 0.15) is 0 Å². The third-order valence-electron chi connectivity index (χ3n) is 3.02. The van der Waals surface area contributed by atoms with Crippen molar-refractivity contribution in [1.29, 1.82) is 0 Å². The van der Waals surface area contributed by atoms with E-state index < -0.39 is 0 Å². The van der Waals surface area contributed by atoms with Gasteiger partial charge in [-0.2, -0.15) is 0 Å². The van der Waals surface area contributed by atoms with E-state index in [9.17, 15) is 0 Å². The zero-order valence-corrected chi connectivity index (χ0v) is 12.3. The quantitative estimate of drug-likeness (QED) is 0.740. The summed E-state index contributed by atoms with van der Waals surface area (Å²) in [7, 11) is 1.75. The van der Waals surface area contributed by atoms with Crippen LogP contribution >= 0.6 is 27.5 Å². The Balaban J connectivity index is 2.21. The largest absolute Gasteiger partial charge is 0.383 e. The Hall–Kier alpha value is -0.250. The Morgan fingerprint density at radius 2 is 2.24 bits per heavy atom. The molecular formula is C13H17BrClNO. The minimum absolute atomic E-state index is 0.547. The van der Waals surface area contributed by atoms with Gasteiger partial charge < -0.3 is 9.64 Å². The number of hydrogen-bond acceptors (Lipinski definition) is 2. The van der Waals surface area contributed by atoms with E-state index in [2.05, 4.69) is 39.0 Å². The number of halogens is 2. The van der Waals surface area contributed by atoms with Gasteiger partial charge in [-0.25, -0.2) is 0 Å². The van der Waals surface area contributed by atoms with Crippen LogP contribution in [0.3, 0.4) is 0 Å². The number of alkyl halides is 1. The molecule has 0 N–H and O–H groups in total. The van der Waals surface area contributed by atoms with Gasteiger partial charge in [0, 0.05) is 35.7 Å². The third-order valence-corrected chi connectivity index (χ3v) is 3.80. The van der Waals surface area contributed by atoms with Crippen molar-refractivity contribution >= 4 is 33.2 Å². The third kappa shape index (κ3) is 3.36. The maximum absolute atomic E-state index is 6.03. The molecule has 1 aliphatic rings. The first kappa shape index (κ1) is 13.2. The van der Waals surface area contributed by atoms with Crippen LogP contribution in [0, 0.1) is 0 Å². The number of ether oxygens (including phenoxy) is 1. The van der Waals surface area contributed by atoms with Gasteiger partial charge in [-0.3, -0.25) is 0 Å². The average molecular weight is 319 g/mol. The maximum atomic E-state index is 6.03. The van der Waals surface area contributed by atoms with Crippen LogP contribution < -0.4 is 4.90 Å². The second-order valence-electron chi connectivity index (χ2n) is 4.32. The molecule has 94 valence electrons. The molecule has 0 atom stereocenters. The lowest BCUT2D eigenvalue weighted by molar-refractivity contribution is 0.205. The second kappa shape index (κ2) is 6.07. The molecular weight excluding hydrogens is 302 g/mol. The number of methoxy groups -OCH3 is 1. The standard InChI is InChI=1S/C13H17BrClNO/c1-17-7-6-16(12-3-4-12)13-5-2-11(14)8-10(13)9-15/h2,5,8,12H,3-4,6-7,9H2,1H3. The van der Waals surface area contributed by atoms with Crippen molar-refractivity contribution in [1.82, 2.24) is 0 Å². The van der Waals surface area contributed by atoms with Gasteiger partial charge >= 0.3 is 0 Å². The molecule has 0 saturated heterocycles. The number of anilines is 1. The van der Waals surface area contributed by atoms with Crippen LogP contribution in [0.4, 0.5) is 5.69 Å². The molecule has 0 amide bonds. The Bertz CT molecular complexity index is 382. The smallest absolute Gasteiger partial charge is 0.0637 e. The molecule has 4 heteroatoms. The molecule has 1 aromatic rings. The first-order valence-electron chi connectivity index (χ1n) is 5.86. The van der Waals surface area contributed by atoms with Crippen molar-refractivity contribution in [2.75, 3.05) is 25.2 Å². The van der Waals surface area contributed by atoms with Crippen molar-refractivity contribution < 1.29 is 4.74 Å². The topological polar surface area (TPSA) is 12.5 Å². The number of hydrogen-bond donors (Lipinski definition) is 0. The van der Waals surface area contributed by atoms with E-state index >= 15 is 0 Å². The van der Waals surface area contributed by atoms with E-state index in [1.807, 2.05) is 0 Å². The van der Waals surface area contributed by atoms with Crippen molar-refractivity contribution in [3.63, 3.8) is 0 Å². The summed E-state index contributed by atoms with van der Waals surface area (Å²) in [5.74, 6) is 0.547. The fraction of sp³-hybridized carbons (Fsp3) is 0.538. The van der Waals surface area contributed by atoms with E-state index in [1.54, 1.807) is 7.11 Å². The Labute approximate surface area is 116 Å². The van der Waals surface area contributed by atoms with Crippen LogP contribution in [-0.2, 0) is 10.6 Å². The Kier molecular flexibility index (Phi) is 4.71. The van der Waals surface area contributed by atoms with Crippen LogP contribution in [-0.4, -0.2) is 26.3 Å². The Morgan fingerprint density at radius 1 is 1.47 bits per heavy atom. The van der Waals surface area contributed by atoms with Gasteiger partial charge in [0.2, 0.25) is 0 Å². The molecule has 1 aromatic carbocycles. The van der Waals surface area contributed by atoms with Crippen molar-refractivity contribution in [2.24, 2.45) is 0 Å². The molecule has 1 aliphatic carbocycles. The van der Waals surface area contributed by atoms with Crippen LogP contribution in [0.2, 0.25) is 0 Å². The van der Waals surface area contributed by atoms with Gasteiger partial charge in [0.25, 0.3) is 0 Å². The lowest BCUT2D eigenvalue weighted by atomic mass is 10.1. The fourth-order valence-electron chi connectivity index (χ4n) is 2.02. The molecule has 2 rings (SSSR count). The molecule has 0 radical (unpaired) electrons.